The molecule has 0 aliphatic rings. The lowest BCUT2D eigenvalue weighted by Crippen LogP contribution is -2.38. The number of guanidine groups is 1. The number of benzene rings is 2. The van der Waals surface area contributed by atoms with Gasteiger partial charge in [-0.1, -0.05) is 18.2 Å². The molecule has 2 aromatic carbocycles. The minimum absolute atomic E-state index is 0. The van der Waals surface area contributed by atoms with Gasteiger partial charge in [-0.3, -0.25) is 9.79 Å². The van der Waals surface area contributed by atoms with Crippen molar-refractivity contribution in [3.05, 3.63) is 70.5 Å². The first-order valence-electron chi connectivity index (χ1n) is 9.46. The zero-order valence-corrected chi connectivity index (χ0v) is 21.0. The fourth-order valence-corrected chi connectivity index (χ4v) is 3.48. The highest BCUT2D eigenvalue weighted by Crippen LogP contribution is 2.16. The van der Waals surface area contributed by atoms with Gasteiger partial charge in [-0.2, -0.15) is 11.8 Å². The monoisotopic (exact) mass is 544 g/mol. The van der Waals surface area contributed by atoms with E-state index in [1.165, 1.54) is 6.07 Å². The lowest BCUT2D eigenvalue weighted by Gasteiger charge is -2.15. The highest BCUT2D eigenvalue weighted by Gasteiger charge is 2.09. The van der Waals surface area contributed by atoms with Crippen LogP contribution in [0.4, 0.5) is 4.39 Å². The molecule has 0 aromatic heterocycles. The van der Waals surface area contributed by atoms with Gasteiger partial charge in [0, 0.05) is 45.5 Å². The van der Waals surface area contributed by atoms with Gasteiger partial charge in [0.25, 0.3) is 5.91 Å². The third kappa shape index (κ3) is 8.14. The maximum Gasteiger partial charge on any atom is 0.253 e. The van der Waals surface area contributed by atoms with Crippen LogP contribution in [0.1, 0.15) is 27.0 Å². The summed E-state index contributed by atoms with van der Waals surface area (Å²) in [4.78, 5) is 17.9. The Labute approximate surface area is 199 Å². The molecule has 5 nitrogen and oxygen atoms in total. The number of nitrogens with one attached hydrogen (secondary N) is 2. The van der Waals surface area contributed by atoms with Crippen LogP contribution in [-0.2, 0) is 18.7 Å². The maximum absolute atomic E-state index is 13.5. The molecule has 0 saturated heterocycles. The summed E-state index contributed by atoms with van der Waals surface area (Å²) >= 11 is 1.67. The Morgan fingerprint density at radius 1 is 1.13 bits per heavy atom. The molecule has 164 valence electrons. The van der Waals surface area contributed by atoms with Gasteiger partial charge >= 0.3 is 0 Å². The van der Waals surface area contributed by atoms with Crippen LogP contribution in [0.15, 0.2) is 47.5 Å². The van der Waals surface area contributed by atoms with Crippen molar-refractivity contribution < 1.29 is 9.18 Å². The number of hydrogen-bond acceptors (Lipinski definition) is 3. The van der Waals surface area contributed by atoms with E-state index in [9.17, 15) is 9.18 Å². The second kappa shape index (κ2) is 13.5. The van der Waals surface area contributed by atoms with E-state index in [2.05, 4.69) is 15.6 Å². The number of rotatable bonds is 8. The molecule has 0 heterocycles. The summed E-state index contributed by atoms with van der Waals surface area (Å²) in [6.07, 6.45) is 2.77. The summed E-state index contributed by atoms with van der Waals surface area (Å²) in [5.41, 5.74) is 3.82. The highest BCUT2D eigenvalue weighted by molar-refractivity contribution is 14.0. The fourth-order valence-electron chi connectivity index (χ4n) is 2.90. The third-order valence-corrected chi connectivity index (χ3v) is 5.02. The van der Waals surface area contributed by atoms with Crippen LogP contribution in [0.3, 0.4) is 0 Å². The van der Waals surface area contributed by atoms with Crippen molar-refractivity contribution in [2.24, 2.45) is 4.99 Å². The number of carbonyl (C=O) groups is 1. The number of halogens is 2. The van der Waals surface area contributed by atoms with Crippen molar-refractivity contribution in [3.63, 3.8) is 0 Å². The zero-order chi connectivity index (χ0) is 21.2. The van der Waals surface area contributed by atoms with E-state index in [0.717, 1.165) is 28.9 Å². The van der Waals surface area contributed by atoms with E-state index >= 15 is 0 Å². The minimum atomic E-state index is -0.213. The summed E-state index contributed by atoms with van der Waals surface area (Å²) in [5.74, 6) is 1.24. The number of nitrogens with zero attached hydrogens (tertiary/aromatic N) is 2. The van der Waals surface area contributed by atoms with Gasteiger partial charge < -0.3 is 15.5 Å². The third-order valence-electron chi connectivity index (χ3n) is 4.42. The van der Waals surface area contributed by atoms with Gasteiger partial charge in [0.1, 0.15) is 5.82 Å². The van der Waals surface area contributed by atoms with Gasteiger partial charge in [0.05, 0.1) is 0 Å². The number of hydrogen-bond donors (Lipinski definition) is 2. The molecule has 8 heteroatoms. The van der Waals surface area contributed by atoms with Gasteiger partial charge in [-0.15, -0.1) is 24.0 Å². The minimum Gasteiger partial charge on any atom is -0.356 e. The predicted octanol–water partition coefficient (Wildman–Crippen LogP) is 3.92. The molecule has 30 heavy (non-hydrogen) atoms. The molecule has 2 aromatic rings. The molecule has 2 N–H and O–H groups in total. The molecular formula is C22H30FIN4OS. The van der Waals surface area contributed by atoms with Crippen molar-refractivity contribution in [2.45, 2.75) is 18.7 Å². The maximum atomic E-state index is 13.5. The van der Waals surface area contributed by atoms with Crippen molar-refractivity contribution in [2.75, 3.05) is 33.9 Å². The van der Waals surface area contributed by atoms with Crippen LogP contribution in [0, 0.1) is 5.82 Å². The lowest BCUT2D eigenvalue weighted by atomic mass is 10.1. The fraction of sp³-hybridized carbons (Fsp3) is 0.364. The van der Waals surface area contributed by atoms with Crippen LogP contribution in [0.5, 0.6) is 0 Å². The lowest BCUT2D eigenvalue weighted by molar-refractivity contribution is 0.0827. The van der Waals surface area contributed by atoms with Crippen LogP contribution >= 0.6 is 35.7 Å². The molecule has 0 bridgehead atoms. The summed E-state index contributed by atoms with van der Waals surface area (Å²) in [6, 6.07) is 12.6. The second-order valence-electron chi connectivity index (χ2n) is 6.85. The Balaban J connectivity index is 0.00000450. The van der Waals surface area contributed by atoms with E-state index in [1.807, 2.05) is 36.6 Å². The molecule has 2 rings (SSSR count). The molecule has 0 aliphatic carbocycles. The normalized spacial score (nSPS) is 10.9. The zero-order valence-electron chi connectivity index (χ0n) is 17.9. The van der Waals surface area contributed by atoms with Crippen molar-refractivity contribution >= 4 is 47.6 Å². The number of thioether (sulfide) groups is 1. The van der Waals surface area contributed by atoms with Crippen LogP contribution in [0.25, 0.3) is 0 Å². The quantitative estimate of drug-likeness (QED) is 0.301. The van der Waals surface area contributed by atoms with Gasteiger partial charge in [0.15, 0.2) is 5.96 Å². The molecule has 0 saturated carbocycles. The Bertz CT molecular complexity index is 861. The molecular weight excluding hydrogens is 514 g/mol. The van der Waals surface area contributed by atoms with Crippen molar-refractivity contribution in [1.29, 1.82) is 0 Å². The smallest absolute Gasteiger partial charge is 0.253 e. The Morgan fingerprint density at radius 2 is 1.90 bits per heavy atom. The van der Waals surface area contributed by atoms with E-state index in [1.54, 1.807) is 43.9 Å². The van der Waals surface area contributed by atoms with Gasteiger partial charge in [-0.25, -0.2) is 4.39 Å². The van der Waals surface area contributed by atoms with E-state index in [0.29, 0.717) is 24.6 Å². The predicted molar refractivity (Wildman–Crippen MR) is 135 cm³/mol. The van der Waals surface area contributed by atoms with Crippen LogP contribution in [-0.4, -0.2) is 50.7 Å². The number of carbonyl (C=O) groups excluding carboxylic acids is 1. The topological polar surface area (TPSA) is 56.7 Å². The molecule has 1 amide bonds. The Kier molecular flexibility index (Phi) is 11.8. The average molecular weight is 544 g/mol. The Morgan fingerprint density at radius 3 is 2.57 bits per heavy atom. The average Bonchev–Trinajstić information content (AvgIpc) is 2.71. The summed E-state index contributed by atoms with van der Waals surface area (Å²) in [5, 5.41) is 6.57. The summed E-state index contributed by atoms with van der Waals surface area (Å²) in [6.45, 7) is 1.25. The van der Waals surface area contributed by atoms with Crippen molar-refractivity contribution in [1.82, 2.24) is 15.5 Å². The molecule has 0 aliphatic heterocycles. The number of amides is 1. The molecule has 0 spiro atoms. The van der Waals surface area contributed by atoms with Gasteiger partial charge in [0.2, 0.25) is 0 Å². The van der Waals surface area contributed by atoms with E-state index < -0.39 is 0 Å². The first-order valence-corrected chi connectivity index (χ1v) is 10.8. The van der Waals surface area contributed by atoms with E-state index in [-0.39, 0.29) is 35.7 Å². The largest absolute Gasteiger partial charge is 0.356 e. The van der Waals surface area contributed by atoms with Crippen LogP contribution in [0.2, 0.25) is 0 Å². The first kappa shape index (κ1) is 26.2. The summed E-state index contributed by atoms with van der Waals surface area (Å²) in [7, 11) is 5.22. The van der Waals surface area contributed by atoms with Crippen molar-refractivity contribution in [3.8, 4) is 0 Å². The highest BCUT2D eigenvalue weighted by atomic mass is 127. The van der Waals surface area contributed by atoms with Crippen LogP contribution < -0.4 is 10.6 Å². The van der Waals surface area contributed by atoms with Gasteiger partial charge in [-0.05, 0) is 53.6 Å². The second-order valence-corrected chi connectivity index (χ2v) is 7.71. The first-order chi connectivity index (χ1) is 13.9. The molecule has 0 unspecified atom stereocenters. The Hall–Kier alpha value is -1.81. The molecule has 0 atom stereocenters. The molecule has 0 fully saturated rings. The standard InChI is InChI=1S/C22H29FN4OS.HI/c1-24-22(26-14-18-8-9-20(23)13-19(18)15-29-4)25-11-10-16-6-5-7-17(12-16)21(28)27(2)3;/h5-9,12-13H,10-11,14-15H2,1-4H3,(H2,24,25,26);1H. The van der Waals surface area contributed by atoms with E-state index in [4.69, 9.17) is 0 Å². The SMILES string of the molecule is CN=C(NCCc1cccc(C(=O)N(C)C)c1)NCc1ccc(F)cc1CSC.I. The molecule has 0 radical (unpaired) electrons. The number of aliphatic imine (C=N–C) groups is 1. The summed E-state index contributed by atoms with van der Waals surface area (Å²) < 4.78 is 13.5.